The van der Waals surface area contributed by atoms with Gasteiger partial charge in [-0.25, -0.2) is 0 Å². The van der Waals surface area contributed by atoms with Crippen molar-refractivity contribution in [1.29, 1.82) is 0 Å². The number of amides is 2. The molecular weight excluding hydrogens is 356 g/mol. The average Bonchev–Trinajstić information content (AvgIpc) is 2.70. The molecule has 1 aliphatic rings. The average molecular weight is 380 g/mol. The number of nitrogens with zero attached hydrogens (tertiary/aromatic N) is 2. The fourth-order valence-electron chi connectivity index (χ4n) is 3.09. The van der Waals surface area contributed by atoms with Crippen LogP contribution >= 0.6 is 0 Å². The van der Waals surface area contributed by atoms with Crippen LogP contribution in [0.25, 0.3) is 6.08 Å². The SMILES string of the molecule is COc1ccc(C)cc1C=CC(=O)N1CC(C(=O)N(C)C)Oc2ccccc21. The first-order valence-electron chi connectivity index (χ1n) is 9.01. The van der Waals surface area contributed by atoms with Gasteiger partial charge in [0, 0.05) is 25.7 Å². The quantitative estimate of drug-likeness (QED) is 0.766. The number of hydrogen-bond acceptors (Lipinski definition) is 4. The zero-order valence-electron chi connectivity index (χ0n) is 16.5. The van der Waals surface area contributed by atoms with E-state index in [0.717, 1.165) is 11.1 Å². The second kappa shape index (κ2) is 8.17. The Bertz CT molecular complexity index is 921. The van der Waals surface area contributed by atoms with Crippen LogP contribution in [0.2, 0.25) is 0 Å². The molecule has 0 aromatic heterocycles. The molecule has 2 aromatic carbocycles. The molecule has 28 heavy (non-hydrogen) atoms. The lowest BCUT2D eigenvalue weighted by Crippen LogP contribution is -2.50. The molecule has 1 heterocycles. The van der Waals surface area contributed by atoms with Gasteiger partial charge in [0.05, 0.1) is 19.3 Å². The number of rotatable bonds is 4. The molecule has 6 heteroatoms. The summed E-state index contributed by atoms with van der Waals surface area (Å²) in [5, 5.41) is 0. The number of hydrogen-bond donors (Lipinski definition) is 0. The monoisotopic (exact) mass is 380 g/mol. The van der Waals surface area contributed by atoms with Crippen LogP contribution < -0.4 is 14.4 Å². The van der Waals surface area contributed by atoms with Crippen molar-refractivity contribution in [1.82, 2.24) is 4.90 Å². The van der Waals surface area contributed by atoms with Gasteiger partial charge < -0.3 is 19.3 Å². The van der Waals surface area contributed by atoms with E-state index in [-0.39, 0.29) is 18.4 Å². The van der Waals surface area contributed by atoms with Gasteiger partial charge in [-0.1, -0.05) is 23.8 Å². The largest absolute Gasteiger partial charge is 0.496 e. The summed E-state index contributed by atoms with van der Waals surface area (Å²) in [5.74, 6) is 0.800. The standard InChI is InChI=1S/C22H24N2O4/c1-15-9-11-18(27-4)16(13-15)10-12-21(25)24-14-20(22(26)23(2)3)28-19-8-6-5-7-17(19)24/h5-13,20H,14H2,1-4H3. The summed E-state index contributed by atoms with van der Waals surface area (Å²) in [7, 11) is 4.93. The maximum absolute atomic E-state index is 13.0. The Morgan fingerprint density at radius 2 is 1.96 bits per heavy atom. The van der Waals surface area contributed by atoms with Crippen LogP contribution in [0.1, 0.15) is 11.1 Å². The second-order valence-corrected chi connectivity index (χ2v) is 6.83. The summed E-state index contributed by atoms with van der Waals surface area (Å²) in [6.07, 6.45) is 2.49. The van der Waals surface area contributed by atoms with E-state index in [0.29, 0.717) is 17.2 Å². The summed E-state index contributed by atoms with van der Waals surface area (Å²) in [6.45, 7) is 2.14. The lowest BCUT2D eigenvalue weighted by Gasteiger charge is -2.34. The van der Waals surface area contributed by atoms with Gasteiger partial charge in [0.1, 0.15) is 11.5 Å². The van der Waals surface area contributed by atoms with Crippen molar-refractivity contribution in [2.45, 2.75) is 13.0 Å². The van der Waals surface area contributed by atoms with Crippen LogP contribution in [-0.2, 0) is 9.59 Å². The van der Waals surface area contributed by atoms with Gasteiger partial charge in [-0.2, -0.15) is 0 Å². The molecule has 0 fully saturated rings. The highest BCUT2D eigenvalue weighted by atomic mass is 16.5. The predicted octanol–water partition coefficient (Wildman–Crippen LogP) is 2.90. The van der Waals surface area contributed by atoms with Crippen molar-refractivity contribution in [3.63, 3.8) is 0 Å². The van der Waals surface area contributed by atoms with Gasteiger partial charge in [0.2, 0.25) is 0 Å². The normalized spacial score (nSPS) is 15.7. The van der Waals surface area contributed by atoms with E-state index in [1.54, 1.807) is 38.2 Å². The van der Waals surface area contributed by atoms with E-state index in [9.17, 15) is 9.59 Å². The van der Waals surface area contributed by atoms with Crippen LogP contribution in [0.5, 0.6) is 11.5 Å². The first-order valence-corrected chi connectivity index (χ1v) is 9.01. The predicted molar refractivity (Wildman–Crippen MR) is 109 cm³/mol. The molecule has 1 atom stereocenters. The summed E-state index contributed by atoms with van der Waals surface area (Å²) in [6, 6.07) is 13.0. The summed E-state index contributed by atoms with van der Waals surface area (Å²) in [4.78, 5) is 28.4. The summed E-state index contributed by atoms with van der Waals surface area (Å²) >= 11 is 0. The molecule has 0 bridgehead atoms. The number of para-hydroxylation sites is 2. The van der Waals surface area contributed by atoms with Gasteiger partial charge in [-0.3, -0.25) is 9.59 Å². The molecule has 1 unspecified atom stereocenters. The number of likely N-dealkylation sites (N-methyl/N-ethyl adjacent to an activating group) is 1. The van der Waals surface area contributed by atoms with Gasteiger partial charge in [0.25, 0.3) is 11.8 Å². The summed E-state index contributed by atoms with van der Waals surface area (Å²) in [5.41, 5.74) is 2.54. The van der Waals surface area contributed by atoms with E-state index in [1.165, 1.54) is 11.0 Å². The second-order valence-electron chi connectivity index (χ2n) is 6.83. The van der Waals surface area contributed by atoms with Crippen LogP contribution in [0, 0.1) is 6.92 Å². The number of benzene rings is 2. The molecule has 2 amide bonds. The number of carbonyl (C=O) groups is 2. The van der Waals surface area contributed by atoms with E-state index >= 15 is 0 Å². The Balaban J connectivity index is 1.89. The molecule has 3 rings (SSSR count). The van der Waals surface area contributed by atoms with Crippen LogP contribution in [0.15, 0.2) is 48.5 Å². The topological polar surface area (TPSA) is 59.1 Å². The van der Waals surface area contributed by atoms with Crippen molar-refractivity contribution in [3.05, 3.63) is 59.7 Å². The van der Waals surface area contributed by atoms with Gasteiger partial charge >= 0.3 is 0 Å². The molecular formula is C22H24N2O4. The molecule has 146 valence electrons. The number of aryl methyl sites for hydroxylation is 1. The highest BCUT2D eigenvalue weighted by molar-refractivity contribution is 6.06. The molecule has 0 spiro atoms. The molecule has 1 aliphatic heterocycles. The maximum atomic E-state index is 13.0. The Morgan fingerprint density at radius 1 is 1.21 bits per heavy atom. The van der Waals surface area contributed by atoms with E-state index in [2.05, 4.69) is 0 Å². The molecule has 6 nitrogen and oxygen atoms in total. The van der Waals surface area contributed by atoms with Crippen molar-refractivity contribution < 1.29 is 19.1 Å². The maximum Gasteiger partial charge on any atom is 0.265 e. The molecule has 0 saturated carbocycles. The van der Waals surface area contributed by atoms with E-state index < -0.39 is 6.10 Å². The minimum absolute atomic E-state index is 0.155. The van der Waals surface area contributed by atoms with E-state index in [1.807, 2.05) is 43.3 Å². The Morgan fingerprint density at radius 3 is 2.68 bits per heavy atom. The van der Waals surface area contributed by atoms with E-state index in [4.69, 9.17) is 9.47 Å². The smallest absolute Gasteiger partial charge is 0.265 e. The minimum Gasteiger partial charge on any atom is -0.496 e. The fourth-order valence-corrected chi connectivity index (χ4v) is 3.09. The van der Waals surface area contributed by atoms with Crippen molar-refractivity contribution in [2.24, 2.45) is 0 Å². The molecule has 0 radical (unpaired) electrons. The molecule has 2 aromatic rings. The van der Waals surface area contributed by atoms with Crippen LogP contribution in [0.3, 0.4) is 0 Å². The van der Waals surface area contributed by atoms with Crippen LogP contribution in [0.4, 0.5) is 5.69 Å². The fraction of sp³-hybridized carbons (Fsp3) is 0.273. The zero-order chi connectivity index (χ0) is 20.3. The third kappa shape index (κ3) is 4.01. The van der Waals surface area contributed by atoms with Gasteiger partial charge in [-0.15, -0.1) is 0 Å². The molecule has 0 N–H and O–H groups in total. The molecule has 0 aliphatic carbocycles. The third-order valence-electron chi connectivity index (χ3n) is 4.55. The lowest BCUT2D eigenvalue weighted by molar-refractivity contribution is -0.136. The number of ether oxygens (including phenoxy) is 2. The van der Waals surface area contributed by atoms with Gasteiger partial charge in [0.15, 0.2) is 6.10 Å². The van der Waals surface area contributed by atoms with Crippen molar-refractivity contribution in [2.75, 3.05) is 32.6 Å². The number of anilines is 1. The highest BCUT2D eigenvalue weighted by Crippen LogP contribution is 2.33. The van der Waals surface area contributed by atoms with Gasteiger partial charge in [-0.05, 0) is 37.3 Å². The Kier molecular flexibility index (Phi) is 5.68. The lowest BCUT2D eigenvalue weighted by atomic mass is 10.1. The van der Waals surface area contributed by atoms with Crippen molar-refractivity contribution in [3.8, 4) is 11.5 Å². The zero-order valence-corrected chi connectivity index (χ0v) is 16.5. The first kappa shape index (κ1) is 19.5. The Labute approximate surface area is 165 Å². The third-order valence-corrected chi connectivity index (χ3v) is 4.55. The Hall–Kier alpha value is -3.28. The highest BCUT2D eigenvalue weighted by Gasteiger charge is 2.33. The number of methoxy groups -OCH3 is 1. The first-order chi connectivity index (χ1) is 13.4. The number of carbonyl (C=O) groups excluding carboxylic acids is 2. The summed E-state index contributed by atoms with van der Waals surface area (Å²) < 4.78 is 11.2. The minimum atomic E-state index is -0.740. The number of fused-ring (bicyclic) bond motifs is 1. The van der Waals surface area contributed by atoms with Crippen LogP contribution in [-0.4, -0.2) is 50.6 Å². The van der Waals surface area contributed by atoms with Crippen molar-refractivity contribution >= 4 is 23.6 Å². The molecule has 0 saturated heterocycles.